The zero-order chi connectivity index (χ0) is 19.0. The number of hydrogen-bond acceptors (Lipinski definition) is 4. The average Bonchev–Trinajstić information content (AvgIpc) is 3.00. The minimum absolute atomic E-state index is 0.0322. The van der Waals surface area contributed by atoms with E-state index in [-0.39, 0.29) is 23.7 Å². The Morgan fingerprint density at radius 1 is 1.19 bits per heavy atom. The molecule has 0 spiro atoms. The van der Waals surface area contributed by atoms with Crippen LogP contribution in [-0.4, -0.2) is 29.5 Å². The zero-order valence-electron chi connectivity index (χ0n) is 14.7. The van der Waals surface area contributed by atoms with Crippen LogP contribution in [0.1, 0.15) is 22.8 Å². The Bertz CT molecular complexity index is 1050. The summed E-state index contributed by atoms with van der Waals surface area (Å²) in [6.45, 7) is 1.65. The van der Waals surface area contributed by atoms with Gasteiger partial charge in [-0.25, -0.2) is 9.78 Å². The number of amides is 1. The smallest absolute Gasteiger partial charge is 0.339 e. The van der Waals surface area contributed by atoms with Crippen molar-refractivity contribution >= 4 is 40.1 Å². The van der Waals surface area contributed by atoms with E-state index in [0.29, 0.717) is 16.5 Å². The van der Waals surface area contributed by atoms with Crippen molar-refractivity contribution in [3.8, 4) is 0 Å². The van der Waals surface area contributed by atoms with Gasteiger partial charge in [0, 0.05) is 17.1 Å². The van der Waals surface area contributed by atoms with E-state index in [9.17, 15) is 9.59 Å². The third-order valence-corrected chi connectivity index (χ3v) is 4.90. The van der Waals surface area contributed by atoms with Gasteiger partial charge in [0.15, 0.2) is 6.61 Å². The molecule has 0 radical (unpaired) electrons. The number of fused-ring (bicyclic) bond motifs is 2. The number of benzene rings is 2. The number of nitrogens with zero attached hydrogens (tertiary/aromatic N) is 2. The molecule has 5 nitrogen and oxygen atoms in total. The summed E-state index contributed by atoms with van der Waals surface area (Å²) < 4.78 is 5.31. The van der Waals surface area contributed by atoms with E-state index in [2.05, 4.69) is 4.98 Å². The van der Waals surface area contributed by atoms with Crippen molar-refractivity contribution in [2.24, 2.45) is 0 Å². The first-order valence-corrected chi connectivity index (χ1v) is 9.05. The molecule has 1 atom stereocenters. The third-order valence-electron chi connectivity index (χ3n) is 4.71. The van der Waals surface area contributed by atoms with Crippen LogP contribution >= 0.6 is 11.6 Å². The lowest BCUT2D eigenvalue weighted by molar-refractivity contribution is -0.122. The normalized spacial score (nSPS) is 15.6. The molecule has 1 aromatic heterocycles. The van der Waals surface area contributed by atoms with E-state index >= 15 is 0 Å². The number of para-hydroxylation sites is 2. The van der Waals surface area contributed by atoms with E-state index in [0.717, 1.165) is 17.7 Å². The van der Waals surface area contributed by atoms with Gasteiger partial charge in [-0.2, -0.15) is 0 Å². The van der Waals surface area contributed by atoms with Crippen molar-refractivity contribution < 1.29 is 14.3 Å². The number of anilines is 1. The fraction of sp³-hybridized carbons (Fsp3) is 0.190. The van der Waals surface area contributed by atoms with Gasteiger partial charge in [-0.05, 0) is 37.1 Å². The number of carbonyl (C=O) groups is 2. The Morgan fingerprint density at radius 3 is 2.78 bits per heavy atom. The number of rotatable bonds is 3. The van der Waals surface area contributed by atoms with Crippen molar-refractivity contribution in [3.63, 3.8) is 0 Å². The largest absolute Gasteiger partial charge is 0.452 e. The SMILES string of the molecule is C[C@H]1Cc2ccccc2N1C(=O)COC(=O)c1cc(Cl)nc2ccccc12. The fourth-order valence-corrected chi connectivity index (χ4v) is 3.73. The number of halogens is 1. The Hall–Kier alpha value is -2.92. The van der Waals surface area contributed by atoms with Gasteiger partial charge in [-0.1, -0.05) is 48.0 Å². The number of carbonyl (C=O) groups excluding carboxylic acids is 2. The number of aromatic nitrogens is 1. The molecule has 0 aliphatic carbocycles. The highest BCUT2D eigenvalue weighted by Gasteiger charge is 2.31. The summed E-state index contributed by atoms with van der Waals surface area (Å²) in [5, 5.41) is 0.841. The molecule has 27 heavy (non-hydrogen) atoms. The van der Waals surface area contributed by atoms with Crippen LogP contribution in [0.5, 0.6) is 0 Å². The summed E-state index contributed by atoms with van der Waals surface area (Å²) in [5.74, 6) is -0.839. The molecular weight excluding hydrogens is 364 g/mol. The average molecular weight is 381 g/mol. The number of hydrogen-bond donors (Lipinski definition) is 0. The molecule has 1 aliphatic rings. The molecule has 4 rings (SSSR count). The Morgan fingerprint density at radius 2 is 1.93 bits per heavy atom. The lowest BCUT2D eigenvalue weighted by atomic mass is 10.1. The van der Waals surface area contributed by atoms with Crippen LogP contribution in [0.2, 0.25) is 5.15 Å². The summed E-state index contributed by atoms with van der Waals surface area (Å²) in [6, 6.07) is 16.4. The van der Waals surface area contributed by atoms with Crippen molar-refractivity contribution in [3.05, 3.63) is 70.9 Å². The van der Waals surface area contributed by atoms with Gasteiger partial charge in [-0.3, -0.25) is 4.79 Å². The highest BCUT2D eigenvalue weighted by atomic mass is 35.5. The standard InChI is InChI=1S/C21H17ClN2O3/c1-13-10-14-6-2-5-9-18(14)24(13)20(25)12-27-21(26)16-11-19(22)23-17-8-4-3-7-15(16)17/h2-9,11,13H,10,12H2,1H3/t13-/m0/s1. The Labute approximate surface area is 161 Å². The van der Waals surface area contributed by atoms with Gasteiger partial charge in [0.2, 0.25) is 0 Å². The highest BCUT2D eigenvalue weighted by Crippen LogP contribution is 2.31. The van der Waals surface area contributed by atoms with Crippen molar-refractivity contribution in [2.75, 3.05) is 11.5 Å². The van der Waals surface area contributed by atoms with Gasteiger partial charge in [-0.15, -0.1) is 0 Å². The molecule has 0 N–H and O–H groups in total. The van der Waals surface area contributed by atoms with E-state index in [1.54, 1.807) is 17.0 Å². The molecule has 0 bridgehead atoms. The predicted octanol–water partition coefficient (Wildman–Crippen LogP) is 4.02. The van der Waals surface area contributed by atoms with Crippen molar-refractivity contribution in [2.45, 2.75) is 19.4 Å². The Balaban J connectivity index is 1.53. The quantitative estimate of drug-likeness (QED) is 0.508. The lowest BCUT2D eigenvalue weighted by Gasteiger charge is -2.22. The first kappa shape index (κ1) is 17.5. The summed E-state index contributed by atoms with van der Waals surface area (Å²) in [7, 11) is 0. The Kier molecular flexibility index (Phi) is 4.54. The maximum atomic E-state index is 12.7. The molecule has 136 valence electrons. The maximum Gasteiger partial charge on any atom is 0.339 e. The minimum atomic E-state index is -0.594. The van der Waals surface area contributed by atoms with Crippen LogP contribution < -0.4 is 4.90 Å². The molecule has 3 aromatic rings. The van der Waals surface area contributed by atoms with Gasteiger partial charge >= 0.3 is 5.97 Å². The molecule has 6 heteroatoms. The molecule has 0 saturated carbocycles. The molecule has 1 aliphatic heterocycles. The van der Waals surface area contributed by atoms with E-state index in [1.807, 2.05) is 43.3 Å². The minimum Gasteiger partial charge on any atom is -0.452 e. The van der Waals surface area contributed by atoms with Crippen LogP contribution in [0.25, 0.3) is 10.9 Å². The second-order valence-corrected chi connectivity index (χ2v) is 6.92. The van der Waals surface area contributed by atoms with E-state index in [4.69, 9.17) is 16.3 Å². The molecule has 0 fully saturated rings. The first-order chi connectivity index (χ1) is 13.0. The topological polar surface area (TPSA) is 59.5 Å². The number of esters is 1. The van der Waals surface area contributed by atoms with Gasteiger partial charge in [0.1, 0.15) is 5.15 Å². The van der Waals surface area contributed by atoms with Gasteiger partial charge < -0.3 is 9.64 Å². The van der Waals surface area contributed by atoms with Gasteiger partial charge in [0.25, 0.3) is 5.91 Å². The summed E-state index contributed by atoms with van der Waals surface area (Å²) in [6.07, 6.45) is 0.792. The molecule has 0 unspecified atom stereocenters. The first-order valence-electron chi connectivity index (χ1n) is 8.67. The van der Waals surface area contributed by atoms with E-state index in [1.165, 1.54) is 6.07 Å². The number of pyridine rings is 1. The molecule has 2 heterocycles. The van der Waals surface area contributed by atoms with Crippen LogP contribution in [0.3, 0.4) is 0 Å². The second kappa shape index (κ2) is 7.00. The lowest BCUT2D eigenvalue weighted by Crippen LogP contribution is -2.38. The van der Waals surface area contributed by atoms with Crippen LogP contribution in [0.15, 0.2) is 54.6 Å². The van der Waals surface area contributed by atoms with E-state index < -0.39 is 5.97 Å². The van der Waals surface area contributed by atoms with Crippen LogP contribution in [-0.2, 0) is 16.0 Å². The van der Waals surface area contributed by atoms with Gasteiger partial charge in [0.05, 0.1) is 11.1 Å². The highest BCUT2D eigenvalue weighted by molar-refractivity contribution is 6.30. The molecule has 1 amide bonds. The predicted molar refractivity (Wildman–Crippen MR) is 104 cm³/mol. The second-order valence-electron chi connectivity index (χ2n) is 6.53. The number of ether oxygens (including phenoxy) is 1. The molecular formula is C21H17ClN2O3. The summed E-state index contributed by atoms with van der Waals surface area (Å²) >= 11 is 6.02. The van der Waals surface area contributed by atoms with Crippen molar-refractivity contribution in [1.29, 1.82) is 0 Å². The van der Waals surface area contributed by atoms with Crippen molar-refractivity contribution in [1.82, 2.24) is 4.98 Å². The molecule has 2 aromatic carbocycles. The van der Waals surface area contributed by atoms with Crippen LogP contribution in [0.4, 0.5) is 5.69 Å². The summed E-state index contributed by atoms with van der Waals surface area (Å²) in [4.78, 5) is 31.2. The third kappa shape index (κ3) is 3.26. The monoisotopic (exact) mass is 380 g/mol. The zero-order valence-corrected chi connectivity index (χ0v) is 15.4. The molecule has 0 saturated heterocycles. The maximum absolute atomic E-state index is 12.7. The van der Waals surface area contributed by atoms with Crippen LogP contribution in [0, 0.1) is 0 Å². The summed E-state index contributed by atoms with van der Waals surface area (Å²) in [5.41, 5.74) is 2.90. The fourth-order valence-electron chi connectivity index (χ4n) is 3.53.